The summed E-state index contributed by atoms with van der Waals surface area (Å²) >= 11 is 0. The van der Waals surface area contributed by atoms with Crippen molar-refractivity contribution in [3.05, 3.63) is 95.2 Å². The minimum absolute atomic E-state index is 0.268. The molecule has 3 aromatic carbocycles. The number of carbonyl (C=O) groups is 3. The van der Waals surface area contributed by atoms with Crippen molar-refractivity contribution in [2.45, 2.75) is 19.9 Å². The summed E-state index contributed by atoms with van der Waals surface area (Å²) in [5, 5.41) is 3.17. The van der Waals surface area contributed by atoms with Crippen molar-refractivity contribution < 1.29 is 33.3 Å². The zero-order chi connectivity index (χ0) is 27.9. The number of carbonyl (C=O) groups excluding carboxylic acids is 3. The third-order valence-corrected chi connectivity index (χ3v) is 6.14. The molecule has 1 atom stereocenters. The first-order valence-corrected chi connectivity index (χ1v) is 12.5. The maximum absolute atomic E-state index is 13.8. The molecule has 0 saturated carbocycles. The number of esters is 2. The molecule has 1 aliphatic rings. The lowest BCUT2D eigenvalue weighted by Crippen LogP contribution is -2.31. The van der Waals surface area contributed by atoms with E-state index in [0.717, 1.165) is 5.56 Å². The number of rotatable bonds is 10. The number of hydrogen-bond donors (Lipinski definition) is 1. The van der Waals surface area contributed by atoms with Gasteiger partial charge in [0, 0.05) is 23.0 Å². The fourth-order valence-corrected chi connectivity index (χ4v) is 4.26. The van der Waals surface area contributed by atoms with Crippen LogP contribution in [0.5, 0.6) is 11.5 Å². The van der Waals surface area contributed by atoms with Crippen LogP contribution < -0.4 is 19.7 Å². The van der Waals surface area contributed by atoms with E-state index in [1.807, 2.05) is 12.1 Å². The molecule has 1 N–H and O–H groups in total. The molecule has 0 radical (unpaired) electrons. The maximum atomic E-state index is 13.8. The van der Waals surface area contributed by atoms with Gasteiger partial charge in [0.2, 0.25) is 0 Å². The molecule has 9 heteroatoms. The second-order valence-electron chi connectivity index (χ2n) is 8.50. The van der Waals surface area contributed by atoms with Crippen LogP contribution in [-0.2, 0) is 14.3 Å². The smallest absolute Gasteiger partial charge is 0.338 e. The van der Waals surface area contributed by atoms with E-state index in [9.17, 15) is 14.4 Å². The lowest BCUT2D eigenvalue weighted by Gasteiger charge is -2.26. The Labute approximate surface area is 226 Å². The van der Waals surface area contributed by atoms with Gasteiger partial charge in [-0.2, -0.15) is 0 Å². The van der Waals surface area contributed by atoms with E-state index < -0.39 is 18.0 Å². The zero-order valence-corrected chi connectivity index (χ0v) is 22.2. The van der Waals surface area contributed by atoms with Crippen molar-refractivity contribution in [3.63, 3.8) is 0 Å². The van der Waals surface area contributed by atoms with E-state index in [2.05, 4.69) is 5.32 Å². The summed E-state index contributed by atoms with van der Waals surface area (Å²) in [6.45, 7) is 4.04. The van der Waals surface area contributed by atoms with Crippen LogP contribution in [0.3, 0.4) is 0 Å². The fourth-order valence-electron chi connectivity index (χ4n) is 4.26. The Morgan fingerprint density at radius 3 is 1.95 bits per heavy atom. The Hall–Kier alpha value is -4.79. The molecule has 202 valence electrons. The largest absolute Gasteiger partial charge is 0.497 e. The van der Waals surface area contributed by atoms with E-state index >= 15 is 0 Å². The summed E-state index contributed by atoms with van der Waals surface area (Å²) in [6, 6.07) is 18.2. The third kappa shape index (κ3) is 5.87. The molecular formula is C30H30N2O7. The standard InChI is InChI=1S/C30H30N2O7/c1-5-38-29(34)19-7-11-21(12-8-19)31-25-18-26(24-16-15-23(36-3)17-27(24)37-4)32(28(25)33)22-13-9-20(10-14-22)30(35)39-6-2/h7-18,26,31H,5-6H2,1-4H3/t26-/m1/s1. The van der Waals surface area contributed by atoms with Crippen molar-refractivity contribution in [1.29, 1.82) is 0 Å². The van der Waals surface area contributed by atoms with Crippen LogP contribution in [0.15, 0.2) is 78.5 Å². The molecule has 0 spiro atoms. The molecular weight excluding hydrogens is 500 g/mol. The van der Waals surface area contributed by atoms with Crippen molar-refractivity contribution in [2.75, 3.05) is 37.7 Å². The van der Waals surface area contributed by atoms with E-state index in [-0.39, 0.29) is 19.1 Å². The zero-order valence-electron chi connectivity index (χ0n) is 22.2. The lowest BCUT2D eigenvalue weighted by atomic mass is 10.0. The minimum atomic E-state index is -0.520. The molecule has 3 aromatic rings. The summed E-state index contributed by atoms with van der Waals surface area (Å²) in [5.74, 6) is 0.0447. The fraction of sp³-hybridized carbons (Fsp3) is 0.233. The number of methoxy groups -OCH3 is 2. The van der Waals surface area contributed by atoms with Crippen molar-refractivity contribution in [1.82, 2.24) is 0 Å². The second kappa shape index (κ2) is 12.2. The third-order valence-electron chi connectivity index (χ3n) is 6.14. The molecule has 1 aliphatic heterocycles. The summed E-state index contributed by atoms with van der Waals surface area (Å²) in [6.07, 6.45) is 1.81. The lowest BCUT2D eigenvalue weighted by molar-refractivity contribution is -0.114. The van der Waals surface area contributed by atoms with Crippen molar-refractivity contribution >= 4 is 29.2 Å². The molecule has 1 amide bonds. The number of ether oxygens (including phenoxy) is 4. The number of nitrogens with zero attached hydrogens (tertiary/aromatic N) is 1. The Kier molecular flexibility index (Phi) is 8.50. The highest BCUT2D eigenvalue weighted by Gasteiger charge is 2.36. The summed E-state index contributed by atoms with van der Waals surface area (Å²) in [7, 11) is 3.13. The average molecular weight is 531 g/mol. The van der Waals surface area contributed by atoms with Gasteiger partial charge in [-0.15, -0.1) is 0 Å². The van der Waals surface area contributed by atoms with Crippen LogP contribution in [0.1, 0.15) is 46.2 Å². The molecule has 0 unspecified atom stereocenters. The highest BCUT2D eigenvalue weighted by atomic mass is 16.5. The number of anilines is 2. The van der Waals surface area contributed by atoms with Crippen LogP contribution in [0.2, 0.25) is 0 Å². The Morgan fingerprint density at radius 2 is 1.41 bits per heavy atom. The highest BCUT2D eigenvalue weighted by Crippen LogP contribution is 2.41. The topological polar surface area (TPSA) is 103 Å². The van der Waals surface area contributed by atoms with Gasteiger partial charge in [-0.3, -0.25) is 9.69 Å². The van der Waals surface area contributed by atoms with Crippen LogP contribution in [0.25, 0.3) is 0 Å². The normalized spacial score (nSPS) is 14.5. The first kappa shape index (κ1) is 27.3. The first-order valence-electron chi connectivity index (χ1n) is 12.5. The monoisotopic (exact) mass is 530 g/mol. The van der Waals surface area contributed by atoms with E-state index in [1.165, 1.54) is 0 Å². The van der Waals surface area contributed by atoms with Crippen molar-refractivity contribution in [2.24, 2.45) is 0 Å². The van der Waals surface area contributed by atoms with Crippen molar-refractivity contribution in [3.8, 4) is 11.5 Å². The van der Waals surface area contributed by atoms with E-state index in [1.54, 1.807) is 93.6 Å². The average Bonchev–Trinajstić information content (AvgIpc) is 3.28. The first-order chi connectivity index (χ1) is 18.9. The number of amides is 1. The molecule has 0 aliphatic carbocycles. The van der Waals surface area contributed by atoms with E-state index in [0.29, 0.717) is 39.7 Å². The maximum Gasteiger partial charge on any atom is 0.338 e. The van der Waals surface area contributed by atoms with Crippen LogP contribution in [0, 0.1) is 0 Å². The second-order valence-corrected chi connectivity index (χ2v) is 8.50. The van der Waals surface area contributed by atoms with Crippen LogP contribution >= 0.6 is 0 Å². The number of hydrogen-bond acceptors (Lipinski definition) is 8. The molecule has 9 nitrogen and oxygen atoms in total. The van der Waals surface area contributed by atoms with Crippen LogP contribution in [0.4, 0.5) is 11.4 Å². The van der Waals surface area contributed by atoms with Crippen LogP contribution in [-0.4, -0.2) is 45.3 Å². The molecule has 0 saturated heterocycles. The minimum Gasteiger partial charge on any atom is -0.497 e. The predicted molar refractivity (Wildman–Crippen MR) is 146 cm³/mol. The Balaban J connectivity index is 1.69. The predicted octanol–water partition coefficient (Wildman–Crippen LogP) is 5.14. The molecule has 39 heavy (non-hydrogen) atoms. The SMILES string of the molecule is CCOC(=O)c1ccc(NC2=C[C@H](c3ccc(OC)cc3OC)N(c3ccc(C(=O)OCC)cc3)C2=O)cc1. The van der Waals surface area contributed by atoms with Gasteiger partial charge in [-0.25, -0.2) is 9.59 Å². The van der Waals surface area contributed by atoms with Gasteiger partial charge in [0.25, 0.3) is 5.91 Å². The Bertz CT molecular complexity index is 1380. The summed E-state index contributed by atoms with van der Waals surface area (Å²) in [4.78, 5) is 39.5. The molecule has 0 fully saturated rings. The quantitative estimate of drug-likeness (QED) is 0.360. The van der Waals surface area contributed by atoms with Gasteiger partial charge in [0.1, 0.15) is 17.2 Å². The van der Waals surface area contributed by atoms with E-state index in [4.69, 9.17) is 18.9 Å². The number of nitrogens with one attached hydrogen (secondary N) is 1. The van der Waals surface area contributed by atoms with Gasteiger partial charge in [-0.05, 0) is 80.6 Å². The molecule has 1 heterocycles. The summed E-state index contributed by atoms with van der Waals surface area (Å²) < 4.78 is 21.1. The van der Waals surface area contributed by atoms with Gasteiger partial charge < -0.3 is 24.3 Å². The van der Waals surface area contributed by atoms with Gasteiger partial charge in [-0.1, -0.05) is 0 Å². The van der Waals surface area contributed by atoms with Gasteiger partial charge >= 0.3 is 11.9 Å². The van der Waals surface area contributed by atoms with Gasteiger partial charge in [0.15, 0.2) is 0 Å². The van der Waals surface area contributed by atoms with Gasteiger partial charge in [0.05, 0.1) is 44.6 Å². The molecule has 0 bridgehead atoms. The highest BCUT2D eigenvalue weighted by molar-refractivity contribution is 6.11. The summed E-state index contributed by atoms with van der Waals surface area (Å²) in [5.41, 5.74) is 3.10. The Morgan fingerprint density at radius 1 is 0.821 bits per heavy atom. The molecule has 4 rings (SSSR count). The molecule has 0 aromatic heterocycles. The number of benzene rings is 3.